The van der Waals surface area contributed by atoms with E-state index >= 15 is 0 Å². The van der Waals surface area contributed by atoms with Gasteiger partial charge in [0.1, 0.15) is 5.76 Å². The molecule has 0 saturated carbocycles. The van der Waals surface area contributed by atoms with Crippen molar-refractivity contribution in [2.45, 2.75) is 52.6 Å². The van der Waals surface area contributed by atoms with Gasteiger partial charge in [-0.05, 0) is 32.4 Å². The lowest BCUT2D eigenvalue weighted by Crippen LogP contribution is -2.42. The van der Waals surface area contributed by atoms with E-state index in [-0.39, 0.29) is 12.1 Å². The summed E-state index contributed by atoms with van der Waals surface area (Å²) in [4.78, 5) is 14.4. The molecular formula is C17H28N4O2. The van der Waals surface area contributed by atoms with Gasteiger partial charge in [0.2, 0.25) is 0 Å². The van der Waals surface area contributed by atoms with Crippen molar-refractivity contribution in [1.29, 1.82) is 0 Å². The van der Waals surface area contributed by atoms with Crippen molar-refractivity contribution >= 4 is 6.03 Å². The maximum Gasteiger partial charge on any atom is 0.315 e. The lowest BCUT2D eigenvalue weighted by atomic mass is 10.0. The van der Waals surface area contributed by atoms with E-state index in [0.29, 0.717) is 6.54 Å². The summed E-state index contributed by atoms with van der Waals surface area (Å²) in [7, 11) is 2.10. The van der Waals surface area contributed by atoms with Gasteiger partial charge in [-0.15, -0.1) is 0 Å². The van der Waals surface area contributed by atoms with E-state index in [1.807, 2.05) is 20.8 Å². The van der Waals surface area contributed by atoms with E-state index in [4.69, 9.17) is 4.52 Å². The largest absolute Gasteiger partial charge is 0.361 e. The highest BCUT2D eigenvalue weighted by Gasteiger charge is 2.17. The number of nitrogens with zero attached hydrogens (tertiary/aromatic N) is 2. The molecule has 0 fully saturated rings. The molecule has 1 aliphatic rings. The number of hydrogen-bond acceptors (Lipinski definition) is 4. The van der Waals surface area contributed by atoms with Crippen LogP contribution in [-0.2, 0) is 19.4 Å². The number of carbonyl (C=O) groups is 1. The number of carbonyl (C=O) groups excluding carboxylic acids is 1. The Morgan fingerprint density at radius 2 is 2.22 bits per heavy atom. The second-order valence-electron chi connectivity index (χ2n) is 6.08. The fourth-order valence-corrected chi connectivity index (χ4v) is 2.83. The summed E-state index contributed by atoms with van der Waals surface area (Å²) in [5, 5.41) is 10.0. The molecule has 0 aliphatic carbocycles. The van der Waals surface area contributed by atoms with Crippen molar-refractivity contribution in [2.24, 2.45) is 0 Å². The van der Waals surface area contributed by atoms with Gasteiger partial charge in [0.25, 0.3) is 0 Å². The van der Waals surface area contributed by atoms with Crippen LogP contribution in [0.4, 0.5) is 4.79 Å². The van der Waals surface area contributed by atoms with Gasteiger partial charge in [-0.2, -0.15) is 0 Å². The van der Waals surface area contributed by atoms with Crippen LogP contribution in [0.3, 0.4) is 0 Å². The first kappa shape index (κ1) is 17.5. The van der Waals surface area contributed by atoms with Crippen molar-refractivity contribution < 1.29 is 9.32 Å². The Kier molecular flexibility index (Phi) is 6.21. The third-order valence-corrected chi connectivity index (χ3v) is 4.38. The molecule has 0 spiro atoms. The minimum atomic E-state index is -0.150. The predicted molar refractivity (Wildman–Crippen MR) is 90.3 cm³/mol. The zero-order chi connectivity index (χ0) is 16.8. The monoisotopic (exact) mass is 320 g/mol. The zero-order valence-corrected chi connectivity index (χ0v) is 14.6. The molecule has 2 N–H and O–H groups in total. The third-order valence-electron chi connectivity index (χ3n) is 4.38. The summed E-state index contributed by atoms with van der Waals surface area (Å²) in [6.07, 6.45) is 4.80. The van der Waals surface area contributed by atoms with Crippen molar-refractivity contribution in [3.63, 3.8) is 0 Å². The maximum atomic E-state index is 12.1. The van der Waals surface area contributed by atoms with Gasteiger partial charge in [0.15, 0.2) is 0 Å². The van der Waals surface area contributed by atoms with Gasteiger partial charge < -0.3 is 20.1 Å². The van der Waals surface area contributed by atoms with Crippen LogP contribution in [0.1, 0.15) is 44.2 Å². The molecule has 23 heavy (non-hydrogen) atoms. The normalized spacial score (nSPS) is 16.8. The molecule has 6 nitrogen and oxygen atoms in total. The summed E-state index contributed by atoms with van der Waals surface area (Å²) in [5.41, 5.74) is 3.23. The smallest absolute Gasteiger partial charge is 0.315 e. The van der Waals surface area contributed by atoms with Gasteiger partial charge in [-0.3, -0.25) is 0 Å². The van der Waals surface area contributed by atoms with Crippen molar-refractivity contribution in [2.75, 3.05) is 20.1 Å². The van der Waals surface area contributed by atoms with Gasteiger partial charge in [-0.25, -0.2) is 4.79 Å². The van der Waals surface area contributed by atoms with Gasteiger partial charge in [-0.1, -0.05) is 25.1 Å². The van der Waals surface area contributed by atoms with E-state index < -0.39 is 0 Å². The molecule has 0 aromatic carbocycles. The van der Waals surface area contributed by atoms with Gasteiger partial charge in [0.05, 0.1) is 5.69 Å². The first-order valence-electron chi connectivity index (χ1n) is 8.43. The molecule has 0 radical (unpaired) electrons. The average Bonchev–Trinajstić information content (AvgIpc) is 2.95. The Labute approximate surface area is 138 Å². The zero-order valence-electron chi connectivity index (χ0n) is 14.6. The second kappa shape index (κ2) is 8.15. The summed E-state index contributed by atoms with van der Waals surface area (Å²) in [6, 6.07) is -0.0925. The van der Waals surface area contributed by atoms with Crippen LogP contribution in [0.25, 0.3) is 0 Å². The highest BCUT2D eigenvalue weighted by atomic mass is 16.5. The van der Waals surface area contributed by atoms with E-state index in [1.165, 1.54) is 5.57 Å². The van der Waals surface area contributed by atoms with Crippen LogP contribution >= 0.6 is 0 Å². The number of likely N-dealkylation sites (N-methyl/N-ethyl adjacent to an activating group) is 1. The fraction of sp³-hybridized carbons (Fsp3) is 0.647. The van der Waals surface area contributed by atoms with E-state index in [0.717, 1.165) is 49.4 Å². The first-order chi connectivity index (χ1) is 11.0. The van der Waals surface area contributed by atoms with Crippen molar-refractivity contribution in [3.05, 3.63) is 28.7 Å². The lowest BCUT2D eigenvalue weighted by Gasteiger charge is -2.26. The van der Waals surface area contributed by atoms with Crippen LogP contribution in [0, 0.1) is 0 Å². The molecule has 128 valence electrons. The highest BCUT2D eigenvalue weighted by Crippen LogP contribution is 2.16. The summed E-state index contributed by atoms with van der Waals surface area (Å²) < 4.78 is 5.32. The number of aryl methyl sites for hydroxylation is 2. The standard InChI is InChI=1S/C17H28N4O2/c1-5-15-14(16(6-2)23-20-15)11-18-17(22)19-12(3)13-7-9-21(4)10-8-13/h7,12H,5-6,8-11H2,1-4H3,(H2,18,19,22). The first-order valence-corrected chi connectivity index (χ1v) is 8.43. The molecule has 1 atom stereocenters. The van der Waals surface area contributed by atoms with Crippen LogP contribution < -0.4 is 10.6 Å². The molecule has 0 bridgehead atoms. The molecule has 2 amide bonds. The molecule has 1 aromatic rings. The summed E-state index contributed by atoms with van der Waals surface area (Å²) in [5.74, 6) is 0.855. The molecule has 2 rings (SSSR count). The van der Waals surface area contributed by atoms with Gasteiger partial charge in [0, 0.05) is 37.7 Å². The van der Waals surface area contributed by atoms with Gasteiger partial charge >= 0.3 is 6.03 Å². The fourth-order valence-electron chi connectivity index (χ4n) is 2.83. The Morgan fingerprint density at radius 1 is 1.43 bits per heavy atom. The summed E-state index contributed by atoms with van der Waals surface area (Å²) in [6.45, 7) is 8.54. The van der Waals surface area contributed by atoms with E-state index in [9.17, 15) is 4.79 Å². The number of hydrogen-bond donors (Lipinski definition) is 2. The van der Waals surface area contributed by atoms with Crippen molar-refractivity contribution in [1.82, 2.24) is 20.7 Å². The number of rotatable bonds is 6. The Morgan fingerprint density at radius 3 is 2.83 bits per heavy atom. The second-order valence-corrected chi connectivity index (χ2v) is 6.08. The lowest BCUT2D eigenvalue weighted by molar-refractivity contribution is 0.238. The van der Waals surface area contributed by atoms with Crippen molar-refractivity contribution in [3.8, 4) is 0 Å². The van der Waals surface area contributed by atoms with E-state index in [1.54, 1.807) is 0 Å². The molecule has 1 aromatic heterocycles. The molecule has 2 heterocycles. The maximum absolute atomic E-state index is 12.1. The summed E-state index contributed by atoms with van der Waals surface area (Å²) >= 11 is 0. The number of aromatic nitrogens is 1. The Balaban J connectivity index is 1.87. The topological polar surface area (TPSA) is 70.4 Å². The molecule has 6 heteroatoms. The Hall–Kier alpha value is -1.82. The quantitative estimate of drug-likeness (QED) is 0.789. The molecule has 0 saturated heterocycles. The van der Waals surface area contributed by atoms with Crippen LogP contribution in [0.2, 0.25) is 0 Å². The number of nitrogens with one attached hydrogen (secondary N) is 2. The molecule has 1 aliphatic heterocycles. The predicted octanol–water partition coefficient (Wildman–Crippen LogP) is 2.25. The molecular weight excluding hydrogens is 292 g/mol. The average molecular weight is 320 g/mol. The van der Waals surface area contributed by atoms with Crippen LogP contribution in [-0.4, -0.2) is 42.3 Å². The molecule has 1 unspecified atom stereocenters. The number of amides is 2. The van der Waals surface area contributed by atoms with Crippen LogP contribution in [0.15, 0.2) is 16.2 Å². The Bertz CT molecular complexity index is 543. The minimum Gasteiger partial charge on any atom is -0.361 e. The minimum absolute atomic E-state index is 0.0578. The number of urea groups is 1. The SMILES string of the molecule is CCc1noc(CC)c1CNC(=O)NC(C)C1=CCN(C)CC1. The highest BCUT2D eigenvalue weighted by molar-refractivity contribution is 5.74. The van der Waals surface area contributed by atoms with E-state index in [2.05, 4.69) is 33.8 Å². The third kappa shape index (κ3) is 4.58. The van der Waals surface area contributed by atoms with Crippen LogP contribution in [0.5, 0.6) is 0 Å².